The van der Waals surface area contributed by atoms with Gasteiger partial charge in [0.1, 0.15) is 5.75 Å². The molecule has 2 N–H and O–H groups in total. The second kappa shape index (κ2) is 5.47. The van der Waals surface area contributed by atoms with Crippen LogP contribution in [-0.2, 0) is 6.61 Å². The summed E-state index contributed by atoms with van der Waals surface area (Å²) in [5.74, 6) is 0.270. The molecule has 0 atom stereocenters. The number of hydrogen-bond acceptors (Lipinski definition) is 2. The van der Waals surface area contributed by atoms with E-state index in [0.717, 1.165) is 38.6 Å². The minimum atomic E-state index is -0.0496. The highest BCUT2D eigenvalue weighted by Crippen LogP contribution is 2.41. The summed E-state index contributed by atoms with van der Waals surface area (Å²) in [5.41, 5.74) is 5.89. The molecule has 22 heavy (non-hydrogen) atoms. The van der Waals surface area contributed by atoms with Gasteiger partial charge in [-0.3, -0.25) is 0 Å². The van der Waals surface area contributed by atoms with Gasteiger partial charge in [-0.25, -0.2) is 0 Å². The minimum absolute atomic E-state index is 0.0496. The molecule has 0 saturated heterocycles. The summed E-state index contributed by atoms with van der Waals surface area (Å²) in [6, 6.07) is 13.8. The number of fused-ring (bicyclic) bond motifs is 1. The first-order valence-corrected chi connectivity index (χ1v) is 7.46. The number of hydrogen-bond donors (Lipinski definition) is 2. The quantitative estimate of drug-likeness (QED) is 0.723. The summed E-state index contributed by atoms with van der Waals surface area (Å²) in [6.45, 7) is 6.05. The van der Waals surface area contributed by atoms with Crippen LogP contribution < -0.4 is 0 Å². The lowest BCUT2D eigenvalue weighted by Crippen LogP contribution is -1.97. The van der Waals surface area contributed by atoms with Gasteiger partial charge in [0.25, 0.3) is 0 Å². The zero-order valence-corrected chi connectivity index (χ0v) is 13.1. The first kappa shape index (κ1) is 14.6. The highest BCUT2D eigenvalue weighted by Gasteiger charge is 2.17. The lowest BCUT2D eigenvalue weighted by Gasteiger charge is -2.18. The zero-order chi connectivity index (χ0) is 15.9. The Kier molecular flexibility index (Phi) is 3.63. The fraction of sp³-hybridized carbons (Fsp3) is 0.200. The van der Waals surface area contributed by atoms with Gasteiger partial charge in [-0.1, -0.05) is 36.4 Å². The number of benzene rings is 3. The molecule has 0 spiro atoms. The summed E-state index contributed by atoms with van der Waals surface area (Å²) in [4.78, 5) is 0. The molecule has 2 heteroatoms. The van der Waals surface area contributed by atoms with Gasteiger partial charge in [-0.15, -0.1) is 0 Å². The molecule has 0 heterocycles. The SMILES string of the molecule is Cc1cc(O)c(-c2c(CO)ccc3ccccc23)c(C)c1C. The smallest absolute Gasteiger partial charge is 0.123 e. The van der Waals surface area contributed by atoms with Crippen molar-refractivity contribution in [1.82, 2.24) is 0 Å². The molecule has 112 valence electrons. The van der Waals surface area contributed by atoms with Crippen molar-refractivity contribution in [2.45, 2.75) is 27.4 Å². The van der Waals surface area contributed by atoms with Crippen LogP contribution in [0.15, 0.2) is 42.5 Å². The number of phenolic OH excluding ortho intramolecular Hbond substituents is 1. The van der Waals surface area contributed by atoms with E-state index in [0.29, 0.717) is 0 Å². The third-order valence-corrected chi connectivity index (χ3v) is 4.57. The number of phenols is 1. The predicted octanol–water partition coefficient (Wildman–Crippen LogP) is 4.63. The van der Waals surface area contributed by atoms with Crippen LogP contribution in [0.4, 0.5) is 0 Å². The van der Waals surface area contributed by atoms with Crippen molar-refractivity contribution in [1.29, 1.82) is 0 Å². The van der Waals surface area contributed by atoms with E-state index in [9.17, 15) is 10.2 Å². The third kappa shape index (κ3) is 2.16. The Morgan fingerprint density at radius 1 is 0.864 bits per heavy atom. The number of aromatic hydroxyl groups is 1. The normalized spacial score (nSPS) is 11.1. The lowest BCUT2D eigenvalue weighted by molar-refractivity contribution is 0.282. The highest BCUT2D eigenvalue weighted by molar-refractivity contribution is 6.00. The lowest BCUT2D eigenvalue weighted by atomic mass is 9.87. The molecule has 3 aromatic carbocycles. The highest BCUT2D eigenvalue weighted by atomic mass is 16.3. The van der Waals surface area contributed by atoms with Crippen molar-refractivity contribution in [3.63, 3.8) is 0 Å². The topological polar surface area (TPSA) is 40.5 Å². The predicted molar refractivity (Wildman–Crippen MR) is 91.2 cm³/mol. The van der Waals surface area contributed by atoms with Crippen molar-refractivity contribution in [2.24, 2.45) is 0 Å². The largest absolute Gasteiger partial charge is 0.507 e. The van der Waals surface area contributed by atoms with Crippen molar-refractivity contribution in [2.75, 3.05) is 0 Å². The van der Waals surface area contributed by atoms with Gasteiger partial charge in [0, 0.05) is 5.56 Å². The molecule has 0 aliphatic carbocycles. The molecule has 0 aromatic heterocycles. The monoisotopic (exact) mass is 292 g/mol. The molecule has 0 fully saturated rings. The maximum absolute atomic E-state index is 10.5. The standard InChI is InChI=1S/C20H20O2/c1-12-10-18(22)19(14(3)13(12)2)20-16(11-21)9-8-15-6-4-5-7-17(15)20/h4-10,21-22H,11H2,1-3H3. The van der Waals surface area contributed by atoms with E-state index in [1.807, 2.05) is 50.2 Å². The second-order valence-electron chi connectivity index (χ2n) is 5.82. The maximum Gasteiger partial charge on any atom is 0.123 e. The number of aliphatic hydroxyl groups excluding tert-OH is 1. The van der Waals surface area contributed by atoms with Gasteiger partial charge < -0.3 is 10.2 Å². The summed E-state index contributed by atoms with van der Waals surface area (Å²) in [7, 11) is 0. The van der Waals surface area contributed by atoms with Gasteiger partial charge in [-0.05, 0) is 65.4 Å². The molecular weight excluding hydrogens is 272 g/mol. The fourth-order valence-corrected chi connectivity index (χ4v) is 3.12. The zero-order valence-electron chi connectivity index (χ0n) is 13.1. The average Bonchev–Trinajstić information content (AvgIpc) is 2.53. The van der Waals surface area contributed by atoms with Crippen LogP contribution in [0.5, 0.6) is 5.75 Å². The average molecular weight is 292 g/mol. The molecule has 2 nitrogen and oxygen atoms in total. The molecule has 0 saturated carbocycles. The van der Waals surface area contributed by atoms with Crippen molar-refractivity contribution in [3.8, 4) is 16.9 Å². The Hall–Kier alpha value is -2.32. The molecule has 0 radical (unpaired) electrons. The molecule has 0 bridgehead atoms. The fourth-order valence-electron chi connectivity index (χ4n) is 3.12. The summed E-state index contributed by atoms with van der Waals surface area (Å²) >= 11 is 0. The van der Waals surface area contributed by atoms with E-state index in [1.165, 1.54) is 5.56 Å². The number of rotatable bonds is 2. The van der Waals surface area contributed by atoms with Crippen molar-refractivity contribution < 1.29 is 10.2 Å². The van der Waals surface area contributed by atoms with Crippen molar-refractivity contribution >= 4 is 10.8 Å². The molecule has 0 unspecified atom stereocenters. The van der Waals surface area contributed by atoms with Gasteiger partial charge >= 0.3 is 0 Å². The van der Waals surface area contributed by atoms with Gasteiger partial charge in [0.15, 0.2) is 0 Å². The van der Waals surface area contributed by atoms with Crippen LogP contribution in [0.2, 0.25) is 0 Å². The summed E-state index contributed by atoms with van der Waals surface area (Å²) in [6.07, 6.45) is 0. The van der Waals surface area contributed by atoms with E-state index in [2.05, 4.69) is 6.92 Å². The van der Waals surface area contributed by atoms with Gasteiger partial charge in [-0.2, -0.15) is 0 Å². The van der Waals surface area contributed by atoms with Crippen molar-refractivity contribution in [3.05, 3.63) is 64.7 Å². The van der Waals surface area contributed by atoms with E-state index < -0.39 is 0 Å². The molecule has 0 aliphatic heterocycles. The van der Waals surface area contributed by atoms with Crippen LogP contribution in [-0.4, -0.2) is 10.2 Å². The first-order chi connectivity index (χ1) is 10.5. The number of aryl methyl sites for hydroxylation is 1. The molecular formula is C20H20O2. The number of aliphatic hydroxyl groups is 1. The second-order valence-corrected chi connectivity index (χ2v) is 5.82. The Labute approximate surface area is 130 Å². The molecule has 3 rings (SSSR count). The first-order valence-electron chi connectivity index (χ1n) is 7.46. The maximum atomic E-state index is 10.5. The Bertz CT molecular complexity index is 863. The van der Waals surface area contributed by atoms with Crippen LogP contribution in [0.1, 0.15) is 22.3 Å². The van der Waals surface area contributed by atoms with E-state index in [4.69, 9.17) is 0 Å². The summed E-state index contributed by atoms with van der Waals surface area (Å²) in [5, 5.41) is 22.5. The van der Waals surface area contributed by atoms with E-state index in [1.54, 1.807) is 6.07 Å². The van der Waals surface area contributed by atoms with Crippen LogP contribution in [0.3, 0.4) is 0 Å². The Morgan fingerprint density at radius 2 is 1.59 bits per heavy atom. The Balaban J connectivity index is 2.47. The van der Waals surface area contributed by atoms with Gasteiger partial charge in [0.2, 0.25) is 0 Å². The molecule has 0 amide bonds. The summed E-state index contributed by atoms with van der Waals surface area (Å²) < 4.78 is 0. The van der Waals surface area contributed by atoms with E-state index in [-0.39, 0.29) is 12.4 Å². The molecule has 0 aliphatic rings. The van der Waals surface area contributed by atoms with Crippen LogP contribution >= 0.6 is 0 Å². The minimum Gasteiger partial charge on any atom is -0.507 e. The van der Waals surface area contributed by atoms with E-state index >= 15 is 0 Å². The van der Waals surface area contributed by atoms with Crippen LogP contribution in [0.25, 0.3) is 21.9 Å². The van der Waals surface area contributed by atoms with Gasteiger partial charge in [0.05, 0.1) is 6.61 Å². The Morgan fingerprint density at radius 3 is 2.32 bits per heavy atom. The molecule has 3 aromatic rings. The van der Waals surface area contributed by atoms with Crippen LogP contribution in [0, 0.1) is 20.8 Å². The third-order valence-electron chi connectivity index (χ3n) is 4.57.